The Morgan fingerprint density at radius 3 is 1.87 bits per heavy atom. The number of halogens is 3. The summed E-state index contributed by atoms with van der Waals surface area (Å²) in [5.74, 6) is -0.963. The van der Waals surface area contributed by atoms with Gasteiger partial charge in [0, 0.05) is 25.4 Å². The zero-order valence-corrected chi connectivity index (χ0v) is 31.2. The summed E-state index contributed by atoms with van der Waals surface area (Å²) in [6, 6.07) is 7.39. The lowest BCUT2D eigenvalue weighted by atomic mass is 10.0. The van der Waals surface area contributed by atoms with Crippen molar-refractivity contribution in [2.75, 3.05) is 24.9 Å². The summed E-state index contributed by atoms with van der Waals surface area (Å²) in [5, 5.41) is 1.43. The minimum absolute atomic E-state index is 0.0142. The maximum atomic E-state index is 13.2. The van der Waals surface area contributed by atoms with E-state index in [4.69, 9.17) is 34.8 Å². The molecule has 0 aromatic heterocycles. The molecule has 3 rings (SSSR count). The molecule has 1 N–H and O–H groups in total. The van der Waals surface area contributed by atoms with Gasteiger partial charge in [0.1, 0.15) is 11.5 Å². The molecular weight excluding hydrogens is 679 g/mol. The molecule has 2 amide bonds. The van der Waals surface area contributed by atoms with Gasteiger partial charge in [0.2, 0.25) is 0 Å². The number of unbranched alkanes of at least 4 members (excludes halogenated alkanes) is 13. The van der Waals surface area contributed by atoms with Crippen molar-refractivity contribution < 1.29 is 18.0 Å². The van der Waals surface area contributed by atoms with Crippen molar-refractivity contribution in [2.45, 2.75) is 109 Å². The first-order valence-electron chi connectivity index (χ1n) is 16.8. The molecule has 1 aliphatic rings. The van der Waals surface area contributed by atoms with Crippen molar-refractivity contribution in [2.24, 2.45) is 10.9 Å². The van der Waals surface area contributed by atoms with Crippen LogP contribution in [0.3, 0.4) is 0 Å². The smallest absolute Gasteiger partial charge is 0.256 e. The van der Waals surface area contributed by atoms with Gasteiger partial charge in [-0.05, 0) is 43.7 Å². The van der Waals surface area contributed by atoms with Gasteiger partial charge in [-0.25, -0.2) is 18.4 Å². The predicted molar refractivity (Wildman–Crippen MR) is 195 cm³/mol. The molecule has 0 saturated carbocycles. The van der Waals surface area contributed by atoms with Crippen LogP contribution in [0.2, 0.25) is 15.1 Å². The summed E-state index contributed by atoms with van der Waals surface area (Å²) in [7, 11) is -1.77. The number of carbonyl (C=O) groups is 2. The van der Waals surface area contributed by atoms with E-state index in [2.05, 4.69) is 17.3 Å². The Morgan fingerprint density at radius 1 is 0.851 bits per heavy atom. The van der Waals surface area contributed by atoms with Crippen molar-refractivity contribution >= 4 is 73.7 Å². The monoisotopic (exact) mass is 726 g/mol. The molecule has 1 saturated heterocycles. The summed E-state index contributed by atoms with van der Waals surface area (Å²) in [4.78, 5) is 32.6. The standard InChI is InChI=1S/C35H49Cl3N4O4S/c1-5-6-7-8-9-10-11-12-13-14-15-16-17-18-21-41(3)35(44)26-19-20-28(36)31(22-26)39-33-25(2)34(43)42(40-33)32-29(37)23-27(24-30(32)38)47(4,45)46/h19-20,22-25H,5-18,21H2,1-4H3,(H,39,40). The zero-order chi connectivity index (χ0) is 34.6. The molecule has 12 heteroatoms. The molecule has 8 nitrogen and oxygen atoms in total. The summed E-state index contributed by atoms with van der Waals surface area (Å²) < 4.78 is 24.0. The van der Waals surface area contributed by atoms with Crippen molar-refractivity contribution in [3.63, 3.8) is 0 Å². The lowest BCUT2D eigenvalue weighted by Gasteiger charge is -2.20. The van der Waals surface area contributed by atoms with E-state index in [-0.39, 0.29) is 32.4 Å². The minimum atomic E-state index is -3.56. The van der Waals surface area contributed by atoms with Gasteiger partial charge in [0.25, 0.3) is 11.8 Å². The number of nitrogens with one attached hydrogen (secondary N) is 1. The lowest BCUT2D eigenvalue weighted by Crippen LogP contribution is -2.36. The highest BCUT2D eigenvalue weighted by Gasteiger charge is 2.37. The number of aliphatic imine (C=N–C) groups is 1. The molecule has 2 aromatic carbocycles. The molecule has 0 radical (unpaired) electrons. The molecule has 0 aliphatic carbocycles. The van der Waals surface area contributed by atoms with Crippen molar-refractivity contribution in [3.05, 3.63) is 51.0 Å². The molecule has 1 unspecified atom stereocenters. The number of hydrazine groups is 1. The number of nitrogens with zero attached hydrogens (tertiary/aromatic N) is 3. The van der Waals surface area contributed by atoms with Crippen molar-refractivity contribution in [1.82, 2.24) is 10.3 Å². The van der Waals surface area contributed by atoms with Crippen LogP contribution in [0.1, 0.15) is 114 Å². The molecule has 1 aliphatic heterocycles. The number of anilines is 1. The van der Waals surface area contributed by atoms with E-state index in [0.29, 0.717) is 22.8 Å². The van der Waals surface area contributed by atoms with E-state index in [1.54, 1.807) is 37.1 Å². The number of rotatable bonds is 19. The number of carbonyl (C=O) groups excluding carboxylic acids is 2. The number of benzene rings is 2. The first-order valence-corrected chi connectivity index (χ1v) is 19.8. The van der Waals surface area contributed by atoms with E-state index in [1.165, 1.54) is 89.2 Å². The molecule has 1 fully saturated rings. The van der Waals surface area contributed by atoms with Crippen LogP contribution >= 0.6 is 34.8 Å². The molecule has 0 bridgehead atoms. The molecule has 0 spiro atoms. The Bertz CT molecular complexity index is 1490. The van der Waals surface area contributed by atoms with E-state index >= 15 is 0 Å². The topological polar surface area (TPSA) is 99.2 Å². The van der Waals surface area contributed by atoms with Crippen LogP contribution in [-0.2, 0) is 14.6 Å². The molecule has 2 aromatic rings. The SMILES string of the molecule is CCCCCCCCCCCCCCCCN(C)C(=O)c1ccc(Cl)c(N=C2NN(c3c(Cl)cc(S(C)(=O)=O)cc3Cl)C(=O)C2C)c1. The third-order valence-electron chi connectivity index (χ3n) is 8.50. The van der Waals surface area contributed by atoms with Gasteiger partial charge in [-0.2, -0.15) is 0 Å². The zero-order valence-electron chi connectivity index (χ0n) is 28.1. The lowest BCUT2D eigenvalue weighted by molar-refractivity contribution is -0.119. The van der Waals surface area contributed by atoms with Gasteiger partial charge in [0.05, 0.1) is 31.6 Å². The van der Waals surface area contributed by atoms with Gasteiger partial charge in [-0.3, -0.25) is 15.0 Å². The number of hydrogen-bond acceptors (Lipinski definition) is 5. The first-order chi connectivity index (χ1) is 22.3. The number of amides is 2. The number of hydrogen-bond donors (Lipinski definition) is 1. The Hall–Kier alpha value is -2.33. The Labute approximate surface area is 296 Å². The Morgan fingerprint density at radius 2 is 1.36 bits per heavy atom. The third-order valence-corrected chi connectivity index (χ3v) is 10.5. The summed E-state index contributed by atoms with van der Waals surface area (Å²) >= 11 is 19.2. The quantitative estimate of drug-likeness (QED) is 0.145. The molecule has 47 heavy (non-hydrogen) atoms. The highest BCUT2D eigenvalue weighted by Crippen LogP contribution is 2.38. The molecular formula is C35H49Cl3N4O4S. The van der Waals surface area contributed by atoms with Crippen LogP contribution < -0.4 is 10.4 Å². The van der Waals surface area contributed by atoms with Crippen molar-refractivity contribution in [1.29, 1.82) is 0 Å². The van der Waals surface area contributed by atoms with Gasteiger partial charge in [-0.15, -0.1) is 0 Å². The van der Waals surface area contributed by atoms with E-state index < -0.39 is 21.7 Å². The number of sulfone groups is 1. The average molecular weight is 728 g/mol. The van der Waals surface area contributed by atoms with Crippen LogP contribution in [0.4, 0.5) is 11.4 Å². The second-order valence-corrected chi connectivity index (χ2v) is 15.7. The Kier molecular flexibility index (Phi) is 15.8. The van der Waals surface area contributed by atoms with Crippen LogP contribution in [0.15, 0.2) is 40.2 Å². The van der Waals surface area contributed by atoms with E-state index in [1.807, 2.05) is 0 Å². The van der Waals surface area contributed by atoms with Crippen LogP contribution in [0.5, 0.6) is 0 Å². The fourth-order valence-corrected chi connectivity index (χ4v) is 7.17. The predicted octanol–water partition coefficient (Wildman–Crippen LogP) is 9.82. The molecule has 1 heterocycles. The van der Waals surface area contributed by atoms with Gasteiger partial charge in [0.15, 0.2) is 9.84 Å². The maximum absolute atomic E-state index is 13.2. The highest BCUT2D eigenvalue weighted by molar-refractivity contribution is 7.90. The third kappa shape index (κ3) is 11.7. The second-order valence-electron chi connectivity index (χ2n) is 12.5. The van der Waals surface area contributed by atoms with E-state index in [9.17, 15) is 18.0 Å². The number of amidine groups is 1. The second kappa shape index (κ2) is 19.0. The molecule has 260 valence electrons. The van der Waals surface area contributed by atoms with E-state index in [0.717, 1.165) is 24.1 Å². The highest BCUT2D eigenvalue weighted by atomic mass is 35.5. The van der Waals surface area contributed by atoms with Gasteiger partial charge < -0.3 is 4.90 Å². The summed E-state index contributed by atoms with van der Waals surface area (Å²) in [5.41, 5.74) is 3.81. The minimum Gasteiger partial charge on any atom is -0.342 e. The van der Waals surface area contributed by atoms with Gasteiger partial charge >= 0.3 is 0 Å². The van der Waals surface area contributed by atoms with Crippen molar-refractivity contribution in [3.8, 4) is 0 Å². The van der Waals surface area contributed by atoms with Gasteiger partial charge in [-0.1, -0.05) is 125 Å². The Balaban J connectivity index is 1.51. The van der Waals surface area contributed by atoms with Crippen LogP contribution in [-0.4, -0.2) is 50.8 Å². The maximum Gasteiger partial charge on any atom is 0.256 e. The normalized spacial score (nSPS) is 15.8. The summed E-state index contributed by atoms with van der Waals surface area (Å²) in [6.07, 6.45) is 19.0. The first kappa shape index (κ1) is 39.1. The molecule has 1 atom stereocenters. The average Bonchev–Trinajstić information content (AvgIpc) is 3.29. The summed E-state index contributed by atoms with van der Waals surface area (Å²) in [6.45, 7) is 4.58. The fraction of sp³-hybridized carbons (Fsp3) is 0.571. The fourth-order valence-electron chi connectivity index (χ4n) is 5.56. The largest absolute Gasteiger partial charge is 0.342 e. The van der Waals surface area contributed by atoms with Crippen LogP contribution in [0, 0.1) is 5.92 Å². The van der Waals surface area contributed by atoms with Crippen LogP contribution in [0.25, 0.3) is 0 Å².